The third-order valence-electron chi connectivity index (χ3n) is 4.21. The molecular weight excluding hydrogens is 289 g/mol. The summed E-state index contributed by atoms with van der Waals surface area (Å²) in [6, 6.07) is 20.3. The van der Waals surface area contributed by atoms with Gasteiger partial charge in [-0.15, -0.1) is 6.58 Å². The standard InChI is InChI=1S/C19H22NOP/c1-2-3-6-11-17-16-20(17)22(21,18-12-7-4-8-13-18)19-14-9-5-10-15-19/h2,4-5,7-10,12-15,17H,1,3,6,11,16H2/t17-,20?/m1/s1. The fourth-order valence-electron chi connectivity index (χ4n) is 2.96. The third kappa shape index (κ3) is 2.95. The van der Waals surface area contributed by atoms with Crippen molar-refractivity contribution in [3.8, 4) is 0 Å². The molecule has 0 spiro atoms. The molecule has 1 aliphatic rings. The van der Waals surface area contributed by atoms with Gasteiger partial charge < -0.3 is 0 Å². The van der Waals surface area contributed by atoms with Crippen molar-refractivity contribution in [2.75, 3.05) is 6.54 Å². The van der Waals surface area contributed by atoms with E-state index in [-0.39, 0.29) is 0 Å². The lowest BCUT2D eigenvalue weighted by molar-refractivity contribution is 0.552. The maximum Gasteiger partial charge on any atom is 0.207 e. The van der Waals surface area contributed by atoms with E-state index in [9.17, 15) is 4.57 Å². The zero-order chi connectivity index (χ0) is 15.4. The lowest BCUT2D eigenvalue weighted by atomic mass is 10.2. The summed E-state index contributed by atoms with van der Waals surface area (Å²) in [5.41, 5.74) is 0. The average Bonchev–Trinajstić information content (AvgIpc) is 3.36. The summed E-state index contributed by atoms with van der Waals surface area (Å²) in [6.07, 6.45) is 5.20. The molecule has 0 bridgehead atoms. The smallest absolute Gasteiger partial charge is 0.207 e. The maximum atomic E-state index is 13.9. The molecule has 0 saturated carbocycles. The van der Waals surface area contributed by atoms with Crippen LogP contribution in [0.15, 0.2) is 73.3 Å². The summed E-state index contributed by atoms with van der Waals surface area (Å²) in [5, 5.41) is 1.87. The third-order valence-corrected chi connectivity index (χ3v) is 7.42. The number of hydrogen-bond donors (Lipinski definition) is 0. The van der Waals surface area contributed by atoms with Crippen molar-refractivity contribution in [3.63, 3.8) is 0 Å². The molecule has 2 aromatic rings. The molecule has 22 heavy (non-hydrogen) atoms. The van der Waals surface area contributed by atoms with Gasteiger partial charge in [-0.1, -0.05) is 42.5 Å². The van der Waals surface area contributed by atoms with Crippen LogP contribution in [0.4, 0.5) is 0 Å². The van der Waals surface area contributed by atoms with Crippen molar-refractivity contribution in [2.24, 2.45) is 0 Å². The number of hydrogen-bond acceptors (Lipinski definition) is 1. The van der Waals surface area contributed by atoms with E-state index in [1.807, 2.05) is 66.7 Å². The first-order chi connectivity index (χ1) is 10.8. The Balaban J connectivity index is 1.89. The number of unbranched alkanes of at least 4 members (excludes halogenated alkanes) is 1. The van der Waals surface area contributed by atoms with Gasteiger partial charge in [-0.25, -0.2) is 4.67 Å². The number of benzene rings is 2. The van der Waals surface area contributed by atoms with Crippen LogP contribution in [0, 0.1) is 0 Å². The molecule has 0 N–H and O–H groups in total. The first-order valence-electron chi connectivity index (χ1n) is 7.86. The summed E-state index contributed by atoms with van der Waals surface area (Å²) < 4.78 is 16.1. The van der Waals surface area contributed by atoms with Crippen molar-refractivity contribution in [2.45, 2.75) is 25.3 Å². The normalized spacial score (nSPS) is 20.5. The SMILES string of the molecule is C=CCCC[C@@H]1CN1P(=O)(c1ccccc1)c1ccccc1. The molecule has 1 saturated heterocycles. The van der Waals surface area contributed by atoms with E-state index < -0.39 is 7.29 Å². The molecule has 0 amide bonds. The summed E-state index contributed by atoms with van der Waals surface area (Å²) in [7, 11) is -2.68. The Hall–Kier alpha value is -1.63. The van der Waals surface area contributed by atoms with Crippen LogP contribution in [0.2, 0.25) is 0 Å². The van der Waals surface area contributed by atoms with Gasteiger partial charge in [0.25, 0.3) is 0 Å². The van der Waals surface area contributed by atoms with Crippen molar-refractivity contribution in [1.82, 2.24) is 4.67 Å². The number of allylic oxidation sites excluding steroid dienone is 1. The minimum Gasteiger partial charge on any atom is -0.296 e. The van der Waals surface area contributed by atoms with Crippen LogP contribution in [0.1, 0.15) is 19.3 Å². The Kier molecular flexibility index (Phi) is 4.61. The van der Waals surface area contributed by atoms with Crippen molar-refractivity contribution >= 4 is 17.9 Å². The Labute approximate surface area is 132 Å². The molecule has 0 aliphatic carbocycles. The van der Waals surface area contributed by atoms with Crippen molar-refractivity contribution in [3.05, 3.63) is 73.3 Å². The molecule has 1 heterocycles. The zero-order valence-corrected chi connectivity index (χ0v) is 13.7. The minimum atomic E-state index is -2.68. The molecule has 3 rings (SSSR count). The van der Waals surface area contributed by atoms with Crippen LogP contribution in [0.25, 0.3) is 0 Å². The summed E-state index contributed by atoms with van der Waals surface area (Å²) in [4.78, 5) is 0. The predicted molar refractivity (Wildman–Crippen MR) is 94.3 cm³/mol. The fourth-order valence-corrected chi connectivity index (χ4v) is 6.00. The van der Waals surface area contributed by atoms with Crippen molar-refractivity contribution in [1.29, 1.82) is 0 Å². The maximum absolute atomic E-state index is 13.9. The summed E-state index contributed by atoms with van der Waals surface area (Å²) >= 11 is 0. The van der Waals surface area contributed by atoms with Gasteiger partial charge in [-0.3, -0.25) is 4.57 Å². The van der Waals surface area contributed by atoms with Crippen LogP contribution < -0.4 is 10.6 Å². The van der Waals surface area contributed by atoms with E-state index in [1.54, 1.807) is 0 Å². The van der Waals surface area contributed by atoms with Crippen LogP contribution in [0.5, 0.6) is 0 Å². The first kappa shape index (κ1) is 15.3. The van der Waals surface area contributed by atoms with E-state index in [4.69, 9.17) is 0 Å². The molecule has 3 heteroatoms. The van der Waals surface area contributed by atoms with Gasteiger partial charge in [0.05, 0.1) is 0 Å². The van der Waals surface area contributed by atoms with E-state index in [2.05, 4.69) is 11.2 Å². The molecular formula is C19H22NOP. The summed E-state index contributed by atoms with van der Waals surface area (Å²) in [5.74, 6) is 0. The quantitative estimate of drug-likeness (QED) is 0.334. The lowest BCUT2D eigenvalue weighted by Gasteiger charge is -2.21. The van der Waals surface area contributed by atoms with Gasteiger partial charge in [-0.05, 0) is 43.5 Å². The molecule has 1 aliphatic heterocycles. The van der Waals surface area contributed by atoms with Gasteiger partial charge in [0, 0.05) is 23.2 Å². The van der Waals surface area contributed by atoms with E-state index in [0.717, 1.165) is 36.4 Å². The van der Waals surface area contributed by atoms with Crippen LogP contribution in [0.3, 0.4) is 0 Å². The highest BCUT2D eigenvalue weighted by Gasteiger charge is 2.48. The van der Waals surface area contributed by atoms with Gasteiger partial charge in [0.15, 0.2) is 0 Å². The number of rotatable bonds is 7. The van der Waals surface area contributed by atoms with Crippen LogP contribution in [-0.2, 0) is 4.57 Å². The predicted octanol–water partition coefficient (Wildman–Crippen LogP) is 3.96. The highest BCUT2D eigenvalue weighted by molar-refractivity contribution is 7.76. The Bertz CT molecular complexity index is 625. The monoisotopic (exact) mass is 311 g/mol. The Morgan fingerprint density at radius 2 is 1.59 bits per heavy atom. The second-order valence-electron chi connectivity index (χ2n) is 5.74. The summed E-state index contributed by atoms with van der Waals surface area (Å²) in [6.45, 7) is 4.70. The minimum absolute atomic E-state index is 0.436. The molecule has 2 nitrogen and oxygen atoms in total. The first-order valence-corrected chi connectivity index (χ1v) is 9.52. The van der Waals surface area contributed by atoms with Gasteiger partial charge in [-0.2, -0.15) is 0 Å². The molecule has 2 aromatic carbocycles. The Morgan fingerprint density at radius 1 is 1.05 bits per heavy atom. The lowest BCUT2D eigenvalue weighted by Crippen LogP contribution is -2.22. The van der Waals surface area contributed by atoms with Gasteiger partial charge >= 0.3 is 0 Å². The van der Waals surface area contributed by atoms with E-state index in [0.29, 0.717) is 6.04 Å². The van der Waals surface area contributed by atoms with Crippen LogP contribution in [-0.4, -0.2) is 17.3 Å². The zero-order valence-electron chi connectivity index (χ0n) is 12.8. The molecule has 1 fully saturated rings. The highest BCUT2D eigenvalue weighted by atomic mass is 31.2. The van der Waals surface area contributed by atoms with E-state index in [1.165, 1.54) is 0 Å². The highest BCUT2D eigenvalue weighted by Crippen LogP contribution is 2.55. The van der Waals surface area contributed by atoms with Gasteiger partial charge in [0.2, 0.25) is 7.29 Å². The molecule has 2 atom stereocenters. The number of nitrogens with zero attached hydrogens (tertiary/aromatic N) is 1. The second kappa shape index (κ2) is 6.64. The van der Waals surface area contributed by atoms with Crippen molar-refractivity contribution < 1.29 is 4.57 Å². The molecule has 0 radical (unpaired) electrons. The fraction of sp³-hybridized carbons (Fsp3) is 0.263. The topological polar surface area (TPSA) is 20.1 Å². The molecule has 0 aromatic heterocycles. The Morgan fingerprint density at radius 3 is 2.09 bits per heavy atom. The van der Waals surface area contributed by atoms with E-state index >= 15 is 0 Å². The average molecular weight is 311 g/mol. The largest absolute Gasteiger partial charge is 0.296 e. The molecule has 1 unspecified atom stereocenters. The molecule has 114 valence electrons. The van der Waals surface area contributed by atoms with Crippen LogP contribution >= 0.6 is 7.29 Å². The second-order valence-corrected chi connectivity index (χ2v) is 8.44. The van der Waals surface area contributed by atoms with Gasteiger partial charge in [0.1, 0.15) is 0 Å².